The van der Waals surface area contributed by atoms with E-state index in [2.05, 4.69) is 22.0 Å². The first-order valence-corrected chi connectivity index (χ1v) is 6.20. The average molecular weight is 233 g/mol. The highest BCUT2D eigenvalue weighted by Gasteiger charge is 2.13. The second-order valence-electron chi connectivity index (χ2n) is 4.55. The minimum atomic E-state index is 0.837. The summed E-state index contributed by atoms with van der Waals surface area (Å²) in [4.78, 5) is 6.85. The van der Waals surface area contributed by atoms with Crippen molar-refractivity contribution in [2.75, 3.05) is 18.0 Å². The summed E-state index contributed by atoms with van der Waals surface area (Å²) < 4.78 is 0. The van der Waals surface area contributed by atoms with Gasteiger partial charge in [-0.2, -0.15) is 0 Å². The van der Waals surface area contributed by atoms with Gasteiger partial charge >= 0.3 is 0 Å². The fraction of sp³-hybridized carbons (Fsp3) is 0.538. The minimum absolute atomic E-state index is 0.837. The fourth-order valence-corrected chi connectivity index (χ4v) is 2.34. The molecule has 1 aliphatic rings. The molecule has 1 fully saturated rings. The maximum absolute atomic E-state index is 8.50. The van der Waals surface area contributed by atoms with E-state index in [1.54, 1.807) is 6.20 Å². The molecule has 92 valence electrons. The molecule has 4 heteroatoms. The Morgan fingerprint density at radius 3 is 2.59 bits per heavy atom. The summed E-state index contributed by atoms with van der Waals surface area (Å²) in [6.07, 6.45) is 8.32. The van der Waals surface area contributed by atoms with Crippen molar-refractivity contribution in [1.82, 2.24) is 4.98 Å². The van der Waals surface area contributed by atoms with Crippen LogP contribution in [-0.2, 0) is 0 Å². The van der Waals surface area contributed by atoms with Crippen LogP contribution in [0.4, 0.5) is 5.82 Å². The third-order valence-electron chi connectivity index (χ3n) is 3.18. The van der Waals surface area contributed by atoms with Crippen molar-refractivity contribution in [3.8, 4) is 0 Å². The summed E-state index contributed by atoms with van der Waals surface area (Å²) >= 11 is 0. The van der Waals surface area contributed by atoms with Crippen LogP contribution in [0.15, 0.2) is 17.4 Å². The Hall–Kier alpha value is -1.58. The van der Waals surface area contributed by atoms with Crippen molar-refractivity contribution in [2.45, 2.75) is 32.6 Å². The predicted octanol–water partition coefficient (Wildman–Crippen LogP) is 2.58. The molecule has 2 rings (SSSR count). The van der Waals surface area contributed by atoms with Crippen LogP contribution in [0.3, 0.4) is 0 Å². The Bertz CT molecular complexity index is 396. The normalized spacial score (nSPS) is 17.4. The van der Waals surface area contributed by atoms with Gasteiger partial charge in [0.15, 0.2) is 0 Å². The first-order chi connectivity index (χ1) is 8.31. The Morgan fingerprint density at radius 1 is 1.29 bits per heavy atom. The standard InChI is InChI=1S/C13H19N3O/c1-11-8-12(10-15-17)9-14-13(11)16-6-4-2-3-5-7-16/h8-10,17H,2-7H2,1H3. The zero-order chi connectivity index (χ0) is 12.1. The second-order valence-corrected chi connectivity index (χ2v) is 4.55. The molecule has 17 heavy (non-hydrogen) atoms. The number of pyridine rings is 1. The molecule has 1 N–H and O–H groups in total. The quantitative estimate of drug-likeness (QED) is 0.485. The largest absolute Gasteiger partial charge is 0.411 e. The Kier molecular flexibility index (Phi) is 3.96. The van der Waals surface area contributed by atoms with Crippen LogP contribution in [0, 0.1) is 6.92 Å². The van der Waals surface area contributed by atoms with Crippen LogP contribution in [-0.4, -0.2) is 29.5 Å². The molecule has 0 saturated carbocycles. The molecule has 0 atom stereocenters. The van der Waals surface area contributed by atoms with E-state index in [4.69, 9.17) is 5.21 Å². The van der Waals surface area contributed by atoms with E-state index in [0.717, 1.165) is 30.0 Å². The molecule has 0 bridgehead atoms. The molecular weight excluding hydrogens is 214 g/mol. The Balaban J connectivity index is 2.19. The van der Waals surface area contributed by atoms with Crippen LogP contribution >= 0.6 is 0 Å². The Morgan fingerprint density at radius 2 is 2.00 bits per heavy atom. The molecule has 1 aromatic heterocycles. The van der Waals surface area contributed by atoms with E-state index < -0.39 is 0 Å². The molecule has 0 radical (unpaired) electrons. The molecule has 1 aliphatic heterocycles. The third-order valence-corrected chi connectivity index (χ3v) is 3.18. The highest BCUT2D eigenvalue weighted by molar-refractivity contribution is 5.79. The predicted molar refractivity (Wildman–Crippen MR) is 69.0 cm³/mol. The lowest BCUT2D eigenvalue weighted by Crippen LogP contribution is -2.25. The van der Waals surface area contributed by atoms with Gasteiger partial charge in [0.2, 0.25) is 0 Å². The third kappa shape index (κ3) is 2.96. The molecule has 0 amide bonds. The first kappa shape index (κ1) is 11.9. The van der Waals surface area contributed by atoms with Crippen LogP contribution in [0.1, 0.15) is 36.8 Å². The highest BCUT2D eigenvalue weighted by atomic mass is 16.4. The van der Waals surface area contributed by atoms with E-state index in [-0.39, 0.29) is 0 Å². The van der Waals surface area contributed by atoms with Crippen LogP contribution < -0.4 is 4.90 Å². The van der Waals surface area contributed by atoms with E-state index in [9.17, 15) is 0 Å². The molecule has 1 aromatic rings. The summed E-state index contributed by atoms with van der Waals surface area (Å²) in [5, 5.41) is 11.5. The van der Waals surface area contributed by atoms with Crippen molar-refractivity contribution in [1.29, 1.82) is 0 Å². The molecule has 2 heterocycles. The first-order valence-electron chi connectivity index (χ1n) is 6.20. The summed E-state index contributed by atoms with van der Waals surface area (Å²) in [5.41, 5.74) is 1.98. The van der Waals surface area contributed by atoms with Crippen molar-refractivity contribution < 1.29 is 5.21 Å². The number of nitrogens with zero attached hydrogens (tertiary/aromatic N) is 3. The maximum atomic E-state index is 8.50. The summed E-state index contributed by atoms with van der Waals surface area (Å²) in [6, 6.07) is 2.01. The van der Waals surface area contributed by atoms with Gasteiger partial charge in [0.1, 0.15) is 5.82 Å². The van der Waals surface area contributed by atoms with Gasteiger partial charge in [-0.25, -0.2) is 4.98 Å². The summed E-state index contributed by atoms with van der Waals surface area (Å²) in [6.45, 7) is 4.25. The number of aromatic nitrogens is 1. The van der Waals surface area contributed by atoms with Gasteiger partial charge in [-0.05, 0) is 31.4 Å². The van der Waals surface area contributed by atoms with Gasteiger partial charge in [0.05, 0.1) is 6.21 Å². The second kappa shape index (κ2) is 5.66. The molecule has 0 unspecified atom stereocenters. The molecular formula is C13H19N3O. The van der Waals surface area contributed by atoms with E-state index in [0.29, 0.717) is 0 Å². The van der Waals surface area contributed by atoms with Gasteiger partial charge in [-0.3, -0.25) is 0 Å². The fourth-order valence-electron chi connectivity index (χ4n) is 2.34. The van der Waals surface area contributed by atoms with Gasteiger partial charge in [0.25, 0.3) is 0 Å². The zero-order valence-corrected chi connectivity index (χ0v) is 10.3. The lowest BCUT2D eigenvalue weighted by Gasteiger charge is -2.23. The zero-order valence-electron chi connectivity index (χ0n) is 10.3. The maximum Gasteiger partial charge on any atom is 0.131 e. The van der Waals surface area contributed by atoms with Gasteiger partial charge < -0.3 is 10.1 Å². The Labute approximate surface area is 102 Å². The monoisotopic (exact) mass is 233 g/mol. The minimum Gasteiger partial charge on any atom is -0.411 e. The van der Waals surface area contributed by atoms with E-state index in [1.807, 2.05) is 6.07 Å². The van der Waals surface area contributed by atoms with Crippen molar-refractivity contribution >= 4 is 12.0 Å². The lowest BCUT2D eigenvalue weighted by molar-refractivity contribution is 0.322. The number of hydrogen-bond donors (Lipinski definition) is 1. The number of rotatable bonds is 2. The molecule has 0 aromatic carbocycles. The molecule has 0 spiro atoms. The lowest BCUT2D eigenvalue weighted by atomic mass is 10.2. The van der Waals surface area contributed by atoms with Gasteiger partial charge in [-0.15, -0.1) is 0 Å². The topological polar surface area (TPSA) is 48.7 Å². The van der Waals surface area contributed by atoms with Crippen LogP contribution in [0.5, 0.6) is 0 Å². The average Bonchev–Trinajstić information content (AvgIpc) is 2.58. The number of anilines is 1. The van der Waals surface area contributed by atoms with Crippen molar-refractivity contribution in [2.24, 2.45) is 5.16 Å². The van der Waals surface area contributed by atoms with E-state index >= 15 is 0 Å². The van der Waals surface area contributed by atoms with Crippen molar-refractivity contribution in [3.63, 3.8) is 0 Å². The molecule has 4 nitrogen and oxygen atoms in total. The molecule has 0 aliphatic carbocycles. The van der Waals surface area contributed by atoms with Crippen LogP contribution in [0.25, 0.3) is 0 Å². The number of hydrogen-bond acceptors (Lipinski definition) is 4. The summed E-state index contributed by atoms with van der Waals surface area (Å²) in [7, 11) is 0. The SMILES string of the molecule is Cc1cc(C=NO)cnc1N1CCCCCC1. The summed E-state index contributed by atoms with van der Waals surface area (Å²) in [5.74, 6) is 1.07. The van der Waals surface area contributed by atoms with Gasteiger partial charge in [0, 0.05) is 24.8 Å². The van der Waals surface area contributed by atoms with Gasteiger partial charge in [-0.1, -0.05) is 18.0 Å². The number of oxime groups is 1. The smallest absolute Gasteiger partial charge is 0.131 e. The molecule has 1 saturated heterocycles. The van der Waals surface area contributed by atoms with Crippen molar-refractivity contribution in [3.05, 3.63) is 23.4 Å². The van der Waals surface area contributed by atoms with Crippen LogP contribution in [0.2, 0.25) is 0 Å². The van der Waals surface area contributed by atoms with E-state index in [1.165, 1.54) is 31.9 Å². The highest BCUT2D eigenvalue weighted by Crippen LogP contribution is 2.21. The number of aryl methyl sites for hydroxylation is 1.